The van der Waals surface area contributed by atoms with E-state index in [0.717, 1.165) is 32.0 Å². The lowest BCUT2D eigenvalue weighted by atomic mass is 10.1. The smallest absolute Gasteiger partial charge is 0.243 e. The van der Waals surface area contributed by atoms with Crippen LogP contribution in [0.25, 0.3) is 0 Å². The first-order valence-electron chi connectivity index (χ1n) is 6.82. The normalized spacial score (nSPS) is 20.6. The summed E-state index contributed by atoms with van der Waals surface area (Å²) in [5.41, 5.74) is 5.80. The molecule has 0 bridgehead atoms. The zero-order valence-electron chi connectivity index (χ0n) is 11.8. The molecule has 1 saturated heterocycles. The second-order valence-corrected chi connectivity index (χ2v) is 7.71. The molecule has 3 N–H and O–H groups in total. The van der Waals surface area contributed by atoms with Gasteiger partial charge in [-0.05, 0) is 54.0 Å². The molecular weight excluding hydrogens is 361 g/mol. The Balaban J connectivity index is 2.23. The van der Waals surface area contributed by atoms with Gasteiger partial charge in [-0.2, -0.15) is 0 Å². The quantitative estimate of drug-likeness (QED) is 0.783. The first-order valence-corrected chi connectivity index (χ1v) is 9.10. The predicted octanol–water partition coefficient (Wildman–Crippen LogP) is 1.93. The molecule has 118 valence electrons. The maximum atomic E-state index is 14.0. The van der Waals surface area contributed by atoms with Crippen molar-refractivity contribution < 1.29 is 12.8 Å². The maximum absolute atomic E-state index is 14.0. The Bertz CT molecular complexity index is 624. The van der Waals surface area contributed by atoms with Gasteiger partial charge >= 0.3 is 0 Å². The summed E-state index contributed by atoms with van der Waals surface area (Å²) in [7, 11) is -3.93. The van der Waals surface area contributed by atoms with E-state index in [2.05, 4.69) is 25.6 Å². The Morgan fingerprint density at radius 3 is 2.90 bits per heavy atom. The van der Waals surface area contributed by atoms with Crippen molar-refractivity contribution in [2.75, 3.05) is 25.4 Å². The number of nitrogen functional groups attached to an aromatic ring is 1. The zero-order chi connectivity index (χ0) is 15.6. The van der Waals surface area contributed by atoms with E-state index in [1.54, 1.807) is 0 Å². The number of sulfonamides is 1. The van der Waals surface area contributed by atoms with Crippen LogP contribution in [0.15, 0.2) is 21.5 Å². The molecule has 0 radical (unpaired) electrons. The molecule has 0 amide bonds. The molecule has 1 aliphatic heterocycles. The second kappa shape index (κ2) is 6.60. The van der Waals surface area contributed by atoms with Gasteiger partial charge in [0, 0.05) is 18.3 Å². The van der Waals surface area contributed by atoms with E-state index >= 15 is 0 Å². The number of nitrogens with one attached hydrogen (secondary N) is 1. The molecule has 0 saturated carbocycles. The summed E-state index contributed by atoms with van der Waals surface area (Å²) < 4.78 is 41.4. The van der Waals surface area contributed by atoms with E-state index in [1.807, 2.05) is 6.92 Å². The summed E-state index contributed by atoms with van der Waals surface area (Å²) in [5, 5.41) is 0. The average molecular weight is 380 g/mol. The van der Waals surface area contributed by atoms with Crippen LogP contribution >= 0.6 is 15.9 Å². The largest absolute Gasteiger partial charge is 0.399 e. The minimum Gasteiger partial charge on any atom is -0.399 e. The van der Waals surface area contributed by atoms with Gasteiger partial charge in [-0.1, -0.05) is 6.92 Å². The molecule has 1 heterocycles. The van der Waals surface area contributed by atoms with Gasteiger partial charge in [0.1, 0.15) is 4.90 Å². The van der Waals surface area contributed by atoms with Crippen molar-refractivity contribution in [2.24, 2.45) is 0 Å². The van der Waals surface area contributed by atoms with Gasteiger partial charge in [0.05, 0.1) is 4.47 Å². The lowest BCUT2D eigenvalue weighted by Gasteiger charge is -2.32. The topological polar surface area (TPSA) is 75.4 Å². The zero-order valence-corrected chi connectivity index (χ0v) is 14.2. The van der Waals surface area contributed by atoms with E-state index in [9.17, 15) is 12.8 Å². The molecule has 0 aromatic heterocycles. The van der Waals surface area contributed by atoms with Gasteiger partial charge in [-0.3, -0.25) is 0 Å². The summed E-state index contributed by atoms with van der Waals surface area (Å²) in [6.45, 7) is 4.51. The van der Waals surface area contributed by atoms with Gasteiger partial charge < -0.3 is 10.6 Å². The fourth-order valence-electron chi connectivity index (χ4n) is 2.50. The van der Waals surface area contributed by atoms with E-state index in [1.165, 1.54) is 6.07 Å². The summed E-state index contributed by atoms with van der Waals surface area (Å²) in [5.74, 6) is -0.820. The van der Waals surface area contributed by atoms with E-state index < -0.39 is 20.7 Å². The van der Waals surface area contributed by atoms with E-state index in [-0.39, 0.29) is 16.2 Å². The molecule has 1 aromatic rings. The molecule has 2 rings (SSSR count). The van der Waals surface area contributed by atoms with Gasteiger partial charge in [-0.25, -0.2) is 17.5 Å². The molecule has 1 aromatic carbocycles. The molecule has 0 aliphatic carbocycles. The van der Waals surface area contributed by atoms with E-state index in [4.69, 9.17) is 5.73 Å². The Labute approximate surface area is 132 Å². The highest BCUT2D eigenvalue weighted by Crippen LogP contribution is 2.26. The summed E-state index contributed by atoms with van der Waals surface area (Å²) in [4.78, 5) is 1.76. The maximum Gasteiger partial charge on any atom is 0.243 e. The number of benzene rings is 1. The van der Waals surface area contributed by atoms with Crippen LogP contribution in [0.4, 0.5) is 10.1 Å². The lowest BCUT2D eigenvalue weighted by Crippen LogP contribution is -2.47. The van der Waals surface area contributed by atoms with Crippen molar-refractivity contribution in [1.82, 2.24) is 9.62 Å². The molecule has 5 nitrogen and oxygen atoms in total. The third-order valence-corrected chi connectivity index (χ3v) is 5.68. The van der Waals surface area contributed by atoms with Crippen molar-refractivity contribution in [3.05, 3.63) is 22.4 Å². The number of likely N-dealkylation sites (N-methyl/N-ethyl adjacent to an activating group) is 1. The molecule has 0 spiro atoms. The number of nitrogens with zero attached hydrogens (tertiary/aromatic N) is 1. The monoisotopic (exact) mass is 379 g/mol. The van der Waals surface area contributed by atoms with Gasteiger partial charge in [-0.15, -0.1) is 0 Å². The Morgan fingerprint density at radius 1 is 1.52 bits per heavy atom. The average Bonchev–Trinajstić information content (AvgIpc) is 2.42. The summed E-state index contributed by atoms with van der Waals surface area (Å²) >= 11 is 2.98. The van der Waals surface area contributed by atoms with Gasteiger partial charge in [0.15, 0.2) is 5.82 Å². The highest BCUT2D eigenvalue weighted by molar-refractivity contribution is 9.10. The van der Waals surface area contributed by atoms with Crippen molar-refractivity contribution >= 4 is 31.6 Å². The van der Waals surface area contributed by atoms with Crippen LogP contribution in [-0.4, -0.2) is 39.0 Å². The second-order valence-electron chi connectivity index (χ2n) is 5.17. The van der Waals surface area contributed by atoms with Crippen LogP contribution in [0.3, 0.4) is 0 Å². The number of anilines is 1. The molecule has 1 atom stereocenters. The Hall–Kier alpha value is -0.700. The number of hydrogen-bond donors (Lipinski definition) is 2. The number of nitrogens with two attached hydrogens (primary N) is 1. The number of rotatable bonds is 4. The highest BCUT2D eigenvalue weighted by Gasteiger charge is 2.27. The van der Waals surface area contributed by atoms with Crippen molar-refractivity contribution in [2.45, 2.75) is 30.7 Å². The van der Waals surface area contributed by atoms with Crippen LogP contribution in [-0.2, 0) is 10.0 Å². The Morgan fingerprint density at radius 2 is 2.24 bits per heavy atom. The molecule has 1 aliphatic rings. The van der Waals surface area contributed by atoms with Crippen LogP contribution in [0.5, 0.6) is 0 Å². The first-order chi connectivity index (χ1) is 9.83. The standard InChI is InChI=1S/C13H19BrFN3O2S/c1-2-18-5-3-4-10(8-18)17-21(19,20)12-7-9(16)6-11(14)13(12)15/h6-7,10,17H,2-5,8,16H2,1H3. The number of hydrogen-bond acceptors (Lipinski definition) is 4. The highest BCUT2D eigenvalue weighted by atomic mass is 79.9. The number of piperidine rings is 1. The van der Waals surface area contributed by atoms with Crippen LogP contribution in [0, 0.1) is 5.82 Å². The molecular formula is C13H19BrFN3O2S. The molecule has 8 heteroatoms. The fraction of sp³-hybridized carbons (Fsp3) is 0.538. The summed E-state index contributed by atoms with van der Waals surface area (Å²) in [6.07, 6.45) is 1.67. The lowest BCUT2D eigenvalue weighted by molar-refractivity contribution is 0.211. The molecule has 21 heavy (non-hydrogen) atoms. The van der Waals surface area contributed by atoms with E-state index in [0.29, 0.717) is 6.54 Å². The molecule has 1 unspecified atom stereocenters. The first kappa shape index (κ1) is 16.7. The number of halogens is 2. The van der Waals surface area contributed by atoms with Gasteiger partial charge in [0.25, 0.3) is 0 Å². The minimum atomic E-state index is -3.93. The van der Waals surface area contributed by atoms with Crippen molar-refractivity contribution in [1.29, 1.82) is 0 Å². The van der Waals surface area contributed by atoms with Crippen molar-refractivity contribution in [3.8, 4) is 0 Å². The van der Waals surface area contributed by atoms with Gasteiger partial charge in [0.2, 0.25) is 10.0 Å². The number of likely N-dealkylation sites (tertiary alicyclic amines) is 1. The molecule has 1 fully saturated rings. The fourth-order valence-corrected chi connectivity index (χ4v) is 4.51. The van der Waals surface area contributed by atoms with Crippen molar-refractivity contribution in [3.63, 3.8) is 0 Å². The predicted molar refractivity (Wildman–Crippen MR) is 84.0 cm³/mol. The third kappa shape index (κ3) is 3.94. The minimum absolute atomic E-state index is 0.0432. The SMILES string of the molecule is CCN1CCCC(NS(=O)(=O)c2cc(N)cc(Br)c2F)C1. The van der Waals surface area contributed by atoms with Crippen LogP contribution < -0.4 is 10.5 Å². The summed E-state index contributed by atoms with van der Waals surface area (Å²) in [6, 6.07) is 2.28. The van der Waals surface area contributed by atoms with Crippen LogP contribution in [0.2, 0.25) is 0 Å². The third-order valence-electron chi connectivity index (χ3n) is 3.58. The Kier molecular flexibility index (Phi) is 5.24. The van der Waals surface area contributed by atoms with Crippen LogP contribution in [0.1, 0.15) is 19.8 Å².